The van der Waals surface area contributed by atoms with Gasteiger partial charge in [-0.2, -0.15) is 0 Å². The lowest BCUT2D eigenvalue weighted by Crippen LogP contribution is -1.91. The summed E-state index contributed by atoms with van der Waals surface area (Å²) in [4.78, 5) is 15.4. The molecule has 0 fully saturated rings. The number of hydrogen-bond acceptors (Lipinski definition) is 3. The highest BCUT2D eigenvalue weighted by Gasteiger charge is 2.07. The van der Waals surface area contributed by atoms with Crippen LogP contribution in [0.25, 0.3) is 16.8 Å². The van der Waals surface area contributed by atoms with Gasteiger partial charge in [-0.15, -0.1) is 11.3 Å². The molecule has 84 valence electrons. The third-order valence-electron chi connectivity index (χ3n) is 2.70. The van der Waals surface area contributed by atoms with E-state index in [4.69, 9.17) is 0 Å². The van der Waals surface area contributed by atoms with Gasteiger partial charge in [-0.25, -0.2) is 4.98 Å². The Balaban J connectivity index is 2.23. The molecule has 0 saturated heterocycles. The second-order valence-electron chi connectivity index (χ2n) is 3.84. The SMILES string of the molecule is Cc1nc(-c2cc3cccc(C=O)n3c2)cs1. The molecule has 0 aromatic carbocycles. The largest absolute Gasteiger partial charge is 0.313 e. The van der Waals surface area contributed by atoms with Crippen LogP contribution in [-0.2, 0) is 0 Å². The Kier molecular flexibility index (Phi) is 2.30. The minimum Gasteiger partial charge on any atom is -0.313 e. The molecular weight excluding hydrogens is 232 g/mol. The fourth-order valence-corrected chi connectivity index (χ4v) is 2.51. The third-order valence-corrected chi connectivity index (χ3v) is 3.47. The van der Waals surface area contributed by atoms with Crippen molar-refractivity contribution in [3.8, 4) is 11.3 Å². The number of aldehydes is 1. The molecule has 3 aromatic heterocycles. The Labute approximate surface area is 102 Å². The highest BCUT2D eigenvalue weighted by molar-refractivity contribution is 7.09. The van der Waals surface area contributed by atoms with E-state index < -0.39 is 0 Å². The molecule has 0 N–H and O–H groups in total. The van der Waals surface area contributed by atoms with Crippen LogP contribution in [0, 0.1) is 6.92 Å². The van der Waals surface area contributed by atoms with Crippen LogP contribution in [-0.4, -0.2) is 15.7 Å². The van der Waals surface area contributed by atoms with E-state index in [0.29, 0.717) is 5.69 Å². The van der Waals surface area contributed by atoms with Crippen molar-refractivity contribution in [2.75, 3.05) is 0 Å². The number of aromatic nitrogens is 2. The number of hydrogen-bond donors (Lipinski definition) is 0. The van der Waals surface area contributed by atoms with Gasteiger partial charge in [0.25, 0.3) is 0 Å². The molecule has 0 bridgehead atoms. The van der Waals surface area contributed by atoms with Crippen molar-refractivity contribution in [2.45, 2.75) is 6.92 Å². The topological polar surface area (TPSA) is 34.4 Å². The van der Waals surface area contributed by atoms with E-state index in [2.05, 4.69) is 4.98 Å². The van der Waals surface area contributed by atoms with Crippen molar-refractivity contribution in [1.82, 2.24) is 9.38 Å². The highest BCUT2D eigenvalue weighted by Crippen LogP contribution is 2.24. The van der Waals surface area contributed by atoms with Crippen LogP contribution < -0.4 is 0 Å². The second kappa shape index (κ2) is 3.82. The van der Waals surface area contributed by atoms with Crippen molar-refractivity contribution in [3.05, 3.63) is 46.5 Å². The molecule has 4 heteroatoms. The number of nitrogens with zero attached hydrogens (tertiary/aromatic N) is 2. The van der Waals surface area contributed by atoms with Gasteiger partial charge in [0.1, 0.15) is 0 Å². The van der Waals surface area contributed by atoms with Crippen molar-refractivity contribution in [2.24, 2.45) is 0 Å². The molecule has 0 spiro atoms. The van der Waals surface area contributed by atoms with Crippen molar-refractivity contribution < 1.29 is 4.79 Å². The summed E-state index contributed by atoms with van der Waals surface area (Å²) in [5.74, 6) is 0. The number of fused-ring (bicyclic) bond motifs is 1. The van der Waals surface area contributed by atoms with Crippen LogP contribution in [0.1, 0.15) is 15.5 Å². The molecule has 3 nitrogen and oxygen atoms in total. The molecule has 3 rings (SSSR count). The Hall–Kier alpha value is -1.94. The van der Waals surface area contributed by atoms with Crippen LogP contribution >= 0.6 is 11.3 Å². The lowest BCUT2D eigenvalue weighted by Gasteiger charge is -1.96. The number of carbonyl (C=O) groups excluding carboxylic acids is 1. The average Bonchev–Trinajstić information content (AvgIpc) is 2.93. The fraction of sp³-hybridized carbons (Fsp3) is 0.0769. The second-order valence-corrected chi connectivity index (χ2v) is 4.91. The molecule has 0 atom stereocenters. The summed E-state index contributed by atoms with van der Waals surface area (Å²) in [6.45, 7) is 1.99. The smallest absolute Gasteiger partial charge is 0.166 e. The quantitative estimate of drug-likeness (QED) is 0.647. The average molecular weight is 242 g/mol. The van der Waals surface area contributed by atoms with E-state index in [1.807, 2.05) is 41.1 Å². The molecule has 3 aromatic rings. The number of rotatable bonds is 2. The molecule has 0 amide bonds. The monoisotopic (exact) mass is 242 g/mol. The molecule has 17 heavy (non-hydrogen) atoms. The maximum atomic E-state index is 10.9. The first-order valence-corrected chi connectivity index (χ1v) is 6.15. The number of carbonyl (C=O) groups is 1. The normalized spacial score (nSPS) is 10.9. The van der Waals surface area contributed by atoms with Gasteiger partial charge in [0.15, 0.2) is 6.29 Å². The molecule has 3 heterocycles. The zero-order valence-corrected chi connectivity index (χ0v) is 10.1. The summed E-state index contributed by atoms with van der Waals surface area (Å²) in [5.41, 5.74) is 3.67. The van der Waals surface area contributed by atoms with E-state index in [-0.39, 0.29) is 0 Å². The highest BCUT2D eigenvalue weighted by atomic mass is 32.1. The standard InChI is InChI=1S/C13H10N2OS/c1-9-14-13(8-17-9)10-5-11-3-2-4-12(7-16)15(11)6-10/h2-8H,1H3. The summed E-state index contributed by atoms with van der Waals surface area (Å²) < 4.78 is 1.89. The van der Waals surface area contributed by atoms with Gasteiger partial charge >= 0.3 is 0 Å². The fourth-order valence-electron chi connectivity index (χ4n) is 1.89. The van der Waals surface area contributed by atoms with Crippen LogP contribution in [0.2, 0.25) is 0 Å². The first-order valence-electron chi connectivity index (χ1n) is 5.27. The maximum Gasteiger partial charge on any atom is 0.166 e. The molecule has 0 unspecified atom stereocenters. The minimum atomic E-state index is 0.653. The van der Waals surface area contributed by atoms with E-state index >= 15 is 0 Å². The van der Waals surface area contributed by atoms with Gasteiger partial charge in [-0.3, -0.25) is 4.79 Å². The lowest BCUT2D eigenvalue weighted by atomic mass is 10.2. The van der Waals surface area contributed by atoms with Gasteiger partial charge in [0.05, 0.1) is 16.4 Å². The van der Waals surface area contributed by atoms with Gasteiger partial charge < -0.3 is 4.40 Å². The van der Waals surface area contributed by atoms with Crippen molar-refractivity contribution in [3.63, 3.8) is 0 Å². The Morgan fingerprint density at radius 3 is 3.00 bits per heavy atom. The maximum absolute atomic E-state index is 10.9. The molecule has 0 aliphatic carbocycles. The summed E-state index contributed by atoms with van der Waals surface area (Å²) in [7, 11) is 0. The van der Waals surface area contributed by atoms with Gasteiger partial charge in [-0.1, -0.05) is 6.07 Å². The Morgan fingerprint density at radius 1 is 1.41 bits per heavy atom. The molecule has 0 aliphatic heterocycles. The van der Waals surface area contributed by atoms with Crippen LogP contribution in [0.3, 0.4) is 0 Å². The molecular formula is C13H10N2OS. The zero-order chi connectivity index (χ0) is 11.8. The Bertz CT molecular complexity index is 696. The molecule has 0 aliphatic rings. The van der Waals surface area contributed by atoms with E-state index in [1.54, 1.807) is 17.4 Å². The van der Waals surface area contributed by atoms with Gasteiger partial charge in [-0.05, 0) is 25.1 Å². The number of aryl methyl sites for hydroxylation is 1. The first kappa shape index (κ1) is 10.2. The van der Waals surface area contributed by atoms with E-state index in [1.165, 1.54) is 0 Å². The van der Waals surface area contributed by atoms with E-state index in [9.17, 15) is 4.79 Å². The van der Waals surface area contributed by atoms with E-state index in [0.717, 1.165) is 28.1 Å². The third kappa shape index (κ3) is 1.66. The molecule has 0 radical (unpaired) electrons. The van der Waals surface area contributed by atoms with Gasteiger partial charge in [0, 0.05) is 22.7 Å². The Morgan fingerprint density at radius 2 is 2.29 bits per heavy atom. The summed E-state index contributed by atoms with van der Waals surface area (Å²) >= 11 is 1.63. The number of thiazole rings is 1. The molecule has 0 saturated carbocycles. The minimum absolute atomic E-state index is 0.653. The summed E-state index contributed by atoms with van der Waals surface area (Å²) in [6, 6.07) is 7.71. The van der Waals surface area contributed by atoms with Crippen LogP contribution in [0.5, 0.6) is 0 Å². The van der Waals surface area contributed by atoms with Crippen molar-refractivity contribution in [1.29, 1.82) is 0 Å². The van der Waals surface area contributed by atoms with Gasteiger partial charge in [0.2, 0.25) is 0 Å². The van der Waals surface area contributed by atoms with Crippen LogP contribution in [0.15, 0.2) is 35.8 Å². The van der Waals surface area contributed by atoms with Crippen LogP contribution in [0.4, 0.5) is 0 Å². The zero-order valence-electron chi connectivity index (χ0n) is 9.25. The van der Waals surface area contributed by atoms with Crippen molar-refractivity contribution >= 4 is 23.1 Å². The first-order chi connectivity index (χ1) is 8.28. The summed E-state index contributed by atoms with van der Waals surface area (Å²) in [6.07, 6.45) is 2.82. The number of pyridine rings is 1. The predicted molar refractivity (Wildman–Crippen MR) is 68.6 cm³/mol. The predicted octanol–water partition coefficient (Wildman–Crippen LogP) is 3.18. The lowest BCUT2D eigenvalue weighted by molar-refractivity contribution is 0.111. The summed E-state index contributed by atoms with van der Waals surface area (Å²) in [5, 5.41) is 3.08.